The SMILES string of the molecule is O=C(C=Cc1coc2ccc(C=C3SC(=O)NC3=O)cc12)NC1CCCC1. The quantitative estimate of drug-likeness (QED) is 0.785. The number of rotatable bonds is 4. The Kier molecular flexibility index (Phi) is 4.85. The largest absolute Gasteiger partial charge is 0.464 e. The summed E-state index contributed by atoms with van der Waals surface area (Å²) in [6, 6.07) is 5.77. The molecule has 4 rings (SSSR count). The first-order valence-corrected chi connectivity index (χ1v) is 9.65. The Labute approximate surface area is 160 Å². The Bertz CT molecular complexity index is 983. The summed E-state index contributed by atoms with van der Waals surface area (Å²) in [4.78, 5) is 35.4. The van der Waals surface area contributed by atoms with E-state index >= 15 is 0 Å². The number of carbonyl (C=O) groups excluding carboxylic acids is 3. The van der Waals surface area contributed by atoms with Crippen LogP contribution in [-0.4, -0.2) is 23.1 Å². The van der Waals surface area contributed by atoms with Gasteiger partial charge in [-0.05, 0) is 54.5 Å². The molecule has 1 aromatic heterocycles. The van der Waals surface area contributed by atoms with Gasteiger partial charge in [0.15, 0.2) is 0 Å². The lowest BCUT2D eigenvalue weighted by Crippen LogP contribution is -2.30. The maximum atomic E-state index is 12.1. The summed E-state index contributed by atoms with van der Waals surface area (Å²) in [5.41, 5.74) is 2.25. The number of hydrogen-bond acceptors (Lipinski definition) is 5. The molecule has 138 valence electrons. The number of imide groups is 1. The number of fused-ring (bicyclic) bond motifs is 1. The molecule has 1 saturated carbocycles. The van der Waals surface area contributed by atoms with Crippen molar-refractivity contribution in [3.63, 3.8) is 0 Å². The molecule has 1 aliphatic carbocycles. The minimum Gasteiger partial charge on any atom is -0.464 e. The van der Waals surface area contributed by atoms with E-state index in [2.05, 4.69) is 10.6 Å². The van der Waals surface area contributed by atoms with Gasteiger partial charge in [0.2, 0.25) is 5.91 Å². The molecule has 1 aromatic carbocycles. The van der Waals surface area contributed by atoms with Crippen LogP contribution in [0.15, 0.2) is 39.9 Å². The normalized spacial score (nSPS) is 19.5. The van der Waals surface area contributed by atoms with Gasteiger partial charge in [0.1, 0.15) is 5.58 Å². The Hall–Kier alpha value is -2.80. The van der Waals surface area contributed by atoms with Crippen molar-refractivity contribution in [3.05, 3.63) is 46.6 Å². The van der Waals surface area contributed by atoms with Crippen LogP contribution in [0.3, 0.4) is 0 Å². The van der Waals surface area contributed by atoms with E-state index in [4.69, 9.17) is 4.42 Å². The molecule has 6 nitrogen and oxygen atoms in total. The molecule has 3 amide bonds. The first kappa shape index (κ1) is 17.6. The minimum atomic E-state index is -0.388. The Morgan fingerprint density at radius 3 is 2.81 bits per heavy atom. The van der Waals surface area contributed by atoms with Gasteiger partial charge in [-0.15, -0.1) is 0 Å². The molecule has 7 heteroatoms. The van der Waals surface area contributed by atoms with E-state index in [-0.39, 0.29) is 23.1 Å². The maximum absolute atomic E-state index is 12.1. The summed E-state index contributed by atoms with van der Waals surface area (Å²) in [5, 5.41) is 5.72. The van der Waals surface area contributed by atoms with E-state index in [0.29, 0.717) is 10.5 Å². The molecule has 0 radical (unpaired) electrons. The Balaban J connectivity index is 1.54. The van der Waals surface area contributed by atoms with Gasteiger partial charge in [0.05, 0.1) is 11.2 Å². The smallest absolute Gasteiger partial charge is 0.290 e. The number of hydrogen-bond donors (Lipinski definition) is 2. The van der Waals surface area contributed by atoms with E-state index in [9.17, 15) is 14.4 Å². The number of amides is 3. The zero-order chi connectivity index (χ0) is 18.8. The first-order chi connectivity index (χ1) is 13.1. The lowest BCUT2D eigenvalue weighted by Gasteiger charge is -2.08. The summed E-state index contributed by atoms with van der Waals surface area (Å²) in [6.07, 6.45) is 10.9. The van der Waals surface area contributed by atoms with Crippen LogP contribution in [0.4, 0.5) is 4.79 Å². The summed E-state index contributed by atoms with van der Waals surface area (Å²) >= 11 is 0.880. The average Bonchev–Trinajstić information content (AvgIpc) is 3.35. The number of nitrogens with one attached hydrogen (secondary N) is 2. The van der Waals surface area contributed by atoms with Crippen molar-refractivity contribution in [2.75, 3.05) is 0 Å². The van der Waals surface area contributed by atoms with Crippen LogP contribution in [0.25, 0.3) is 23.1 Å². The highest BCUT2D eigenvalue weighted by Crippen LogP contribution is 2.28. The summed E-state index contributed by atoms with van der Waals surface area (Å²) in [5.74, 6) is -0.493. The first-order valence-electron chi connectivity index (χ1n) is 8.83. The predicted octanol–water partition coefficient (Wildman–Crippen LogP) is 3.83. The number of carbonyl (C=O) groups is 3. The van der Waals surface area contributed by atoms with Crippen LogP contribution in [0, 0.1) is 0 Å². The molecule has 0 bridgehead atoms. The van der Waals surface area contributed by atoms with Gasteiger partial charge in [0, 0.05) is 23.1 Å². The average molecular weight is 382 g/mol. The predicted molar refractivity (Wildman–Crippen MR) is 105 cm³/mol. The van der Waals surface area contributed by atoms with Crippen LogP contribution >= 0.6 is 11.8 Å². The molecule has 1 aliphatic heterocycles. The third kappa shape index (κ3) is 3.98. The Morgan fingerprint density at radius 1 is 1.26 bits per heavy atom. The maximum Gasteiger partial charge on any atom is 0.290 e. The number of benzene rings is 1. The Morgan fingerprint density at radius 2 is 2.07 bits per heavy atom. The minimum absolute atomic E-state index is 0.105. The van der Waals surface area contributed by atoms with Crippen molar-refractivity contribution >= 4 is 51.9 Å². The van der Waals surface area contributed by atoms with Gasteiger partial charge in [0.25, 0.3) is 11.1 Å². The van der Waals surface area contributed by atoms with Gasteiger partial charge in [-0.25, -0.2) is 0 Å². The van der Waals surface area contributed by atoms with Crippen LogP contribution in [-0.2, 0) is 9.59 Å². The molecule has 2 fully saturated rings. The third-order valence-electron chi connectivity index (χ3n) is 4.68. The molecule has 2 aromatic rings. The standard InChI is InChI=1S/C20H18N2O4S/c23-18(21-14-3-1-2-4-14)8-6-13-11-26-16-7-5-12(9-15(13)16)10-17-19(24)22-20(25)27-17/h5-11,14H,1-4H2,(H,21,23)(H,22,24,25). The third-order valence-corrected chi connectivity index (χ3v) is 5.49. The lowest BCUT2D eigenvalue weighted by atomic mass is 10.1. The highest BCUT2D eigenvalue weighted by atomic mass is 32.2. The fourth-order valence-corrected chi connectivity index (χ4v) is 4.02. The monoisotopic (exact) mass is 382 g/mol. The van der Waals surface area contributed by atoms with E-state index in [1.54, 1.807) is 24.5 Å². The second-order valence-electron chi connectivity index (χ2n) is 6.62. The van der Waals surface area contributed by atoms with E-state index in [1.807, 2.05) is 12.1 Å². The van der Waals surface area contributed by atoms with Crippen LogP contribution in [0.5, 0.6) is 0 Å². The second-order valence-corrected chi connectivity index (χ2v) is 7.64. The fourth-order valence-electron chi connectivity index (χ4n) is 3.34. The van der Waals surface area contributed by atoms with Gasteiger partial charge in [-0.2, -0.15) is 0 Å². The van der Waals surface area contributed by atoms with E-state index < -0.39 is 0 Å². The zero-order valence-electron chi connectivity index (χ0n) is 14.5. The van der Waals surface area contributed by atoms with Crippen molar-refractivity contribution in [2.45, 2.75) is 31.7 Å². The topological polar surface area (TPSA) is 88.4 Å². The molecule has 0 unspecified atom stereocenters. The molecule has 2 N–H and O–H groups in total. The van der Waals surface area contributed by atoms with E-state index in [1.165, 1.54) is 18.9 Å². The molecule has 2 heterocycles. The molecular weight excluding hydrogens is 364 g/mol. The van der Waals surface area contributed by atoms with Crippen molar-refractivity contribution in [1.29, 1.82) is 0 Å². The van der Waals surface area contributed by atoms with Crippen LogP contribution < -0.4 is 10.6 Å². The van der Waals surface area contributed by atoms with Gasteiger partial charge < -0.3 is 9.73 Å². The van der Waals surface area contributed by atoms with Crippen molar-refractivity contribution in [3.8, 4) is 0 Å². The summed E-state index contributed by atoms with van der Waals surface area (Å²) < 4.78 is 5.54. The molecular formula is C20H18N2O4S. The number of furan rings is 1. The molecule has 2 aliphatic rings. The van der Waals surface area contributed by atoms with Crippen LogP contribution in [0.1, 0.15) is 36.8 Å². The number of thioether (sulfide) groups is 1. The van der Waals surface area contributed by atoms with Crippen molar-refractivity contribution in [2.24, 2.45) is 0 Å². The van der Waals surface area contributed by atoms with E-state index in [0.717, 1.165) is 41.1 Å². The fraction of sp³-hybridized carbons (Fsp3) is 0.250. The molecule has 0 atom stereocenters. The summed E-state index contributed by atoms with van der Waals surface area (Å²) in [7, 11) is 0. The molecule has 1 saturated heterocycles. The van der Waals surface area contributed by atoms with Crippen molar-refractivity contribution < 1.29 is 18.8 Å². The molecule has 0 spiro atoms. The lowest BCUT2D eigenvalue weighted by molar-refractivity contribution is -0.117. The van der Waals surface area contributed by atoms with Gasteiger partial charge >= 0.3 is 0 Å². The van der Waals surface area contributed by atoms with Gasteiger partial charge in [-0.3, -0.25) is 19.7 Å². The van der Waals surface area contributed by atoms with Crippen molar-refractivity contribution in [1.82, 2.24) is 10.6 Å². The highest BCUT2D eigenvalue weighted by Gasteiger charge is 2.25. The zero-order valence-corrected chi connectivity index (χ0v) is 15.3. The van der Waals surface area contributed by atoms with Gasteiger partial charge in [-0.1, -0.05) is 18.9 Å². The molecule has 27 heavy (non-hydrogen) atoms. The summed E-state index contributed by atoms with van der Waals surface area (Å²) in [6.45, 7) is 0. The van der Waals surface area contributed by atoms with Crippen LogP contribution in [0.2, 0.25) is 0 Å². The second kappa shape index (κ2) is 7.44. The highest BCUT2D eigenvalue weighted by molar-refractivity contribution is 8.18.